The maximum absolute atomic E-state index is 13.0. The van der Waals surface area contributed by atoms with Crippen molar-refractivity contribution in [1.29, 1.82) is 0 Å². The Bertz CT molecular complexity index is 303. The van der Waals surface area contributed by atoms with Gasteiger partial charge in [0.1, 0.15) is 6.61 Å². The fourth-order valence-corrected chi connectivity index (χ4v) is 1.38. The topological polar surface area (TPSA) is 18.5 Å². The van der Waals surface area contributed by atoms with Crippen LogP contribution in [0.2, 0.25) is 0 Å². The monoisotopic (exact) mass is 232 g/mol. The molecule has 1 atom stereocenters. The van der Waals surface area contributed by atoms with Crippen molar-refractivity contribution in [3.05, 3.63) is 24.0 Å². The zero-order valence-electron chi connectivity index (χ0n) is 6.09. The first kappa shape index (κ1) is 7.86. The van der Waals surface area contributed by atoms with Crippen LogP contribution in [0.25, 0.3) is 0 Å². The minimum absolute atomic E-state index is 0.188. The van der Waals surface area contributed by atoms with Crippen molar-refractivity contribution < 1.29 is 13.9 Å². The molecule has 0 radical (unpaired) electrons. The summed E-state index contributed by atoms with van der Waals surface area (Å²) in [5.41, 5.74) is 0. The summed E-state index contributed by atoms with van der Waals surface area (Å²) in [7, 11) is 0. The number of fused-ring (bicyclic) bond motifs is 1. The quantitative estimate of drug-likeness (QED) is 0.640. The second-order valence-electron chi connectivity index (χ2n) is 2.41. The lowest BCUT2D eigenvalue weighted by Gasteiger charge is -2.22. The summed E-state index contributed by atoms with van der Waals surface area (Å²) in [6.45, 7) is 0.327. The van der Waals surface area contributed by atoms with E-state index < -0.39 is 0 Å². The van der Waals surface area contributed by atoms with Gasteiger partial charge in [-0.05, 0) is 28.1 Å². The van der Waals surface area contributed by atoms with Gasteiger partial charge in [0, 0.05) is 0 Å². The number of para-hydroxylation sites is 1. The smallest absolute Gasteiger partial charge is 0.197 e. The Morgan fingerprint density at radius 3 is 3.17 bits per heavy atom. The summed E-state index contributed by atoms with van der Waals surface area (Å²) in [5, 5.41) is -0.188. The van der Waals surface area contributed by atoms with Crippen molar-refractivity contribution in [3.63, 3.8) is 0 Å². The zero-order chi connectivity index (χ0) is 8.55. The summed E-state index contributed by atoms with van der Waals surface area (Å²) >= 11 is 3.21. The lowest BCUT2D eigenvalue weighted by Crippen LogP contribution is -2.23. The minimum Gasteiger partial charge on any atom is -0.482 e. The highest BCUT2D eigenvalue weighted by Crippen LogP contribution is 2.34. The summed E-state index contributed by atoms with van der Waals surface area (Å²) < 4.78 is 23.4. The Morgan fingerprint density at radius 2 is 2.33 bits per heavy atom. The fourth-order valence-electron chi connectivity index (χ4n) is 1.04. The van der Waals surface area contributed by atoms with E-state index in [2.05, 4.69) is 15.9 Å². The third-order valence-electron chi connectivity index (χ3n) is 1.54. The van der Waals surface area contributed by atoms with E-state index in [1.54, 1.807) is 12.1 Å². The van der Waals surface area contributed by atoms with E-state index in [-0.39, 0.29) is 16.6 Å². The van der Waals surface area contributed by atoms with Gasteiger partial charge in [0.2, 0.25) is 0 Å². The molecule has 0 N–H and O–H groups in total. The predicted octanol–water partition coefficient (Wildman–Crippen LogP) is 2.32. The Balaban J connectivity index is 2.42. The molecule has 1 unspecified atom stereocenters. The molecule has 0 aromatic heterocycles. The molecule has 2 rings (SSSR count). The molecular weight excluding hydrogens is 227 g/mol. The maximum Gasteiger partial charge on any atom is 0.197 e. The standard InChI is InChI=1S/C8H6BrFO2/c9-7-4-11-8-5(10)2-1-3-6(8)12-7/h1-3,7H,4H2. The van der Waals surface area contributed by atoms with Crippen molar-refractivity contribution in [2.75, 3.05) is 6.61 Å². The fraction of sp³-hybridized carbons (Fsp3) is 0.250. The van der Waals surface area contributed by atoms with Gasteiger partial charge in [0.25, 0.3) is 0 Å². The Kier molecular flexibility index (Phi) is 1.92. The number of alkyl halides is 1. The van der Waals surface area contributed by atoms with Gasteiger partial charge in [-0.25, -0.2) is 4.39 Å². The first-order chi connectivity index (χ1) is 5.77. The Hall–Kier alpha value is -0.770. The molecule has 1 heterocycles. The third kappa shape index (κ3) is 1.27. The maximum atomic E-state index is 13.0. The molecule has 0 fully saturated rings. The molecule has 1 aromatic carbocycles. The van der Waals surface area contributed by atoms with Gasteiger partial charge in [0.05, 0.1) is 0 Å². The van der Waals surface area contributed by atoms with E-state index in [4.69, 9.17) is 9.47 Å². The molecule has 1 aliphatic rings. The lowest BCUT2D eigenvalue weighted by atomic mass is 10.3. The third-order valence-corrected chi connectivity index (χ3v) is 2.00. The minimum atomic E-state index is -0.382. The van der Waals surface area contributed by atoms with Crippen LogP contribution in [0.1, 0.15) is 0 Å². The van der Waals surface area contributed by atoms with Gasteiger partial charge in [-0.2, -0.15) is 0 Å². The molecule has 64 valence electrons. The molecule has 0 spiro atoms. The van der Waals surface area contributed by atoms with Crippen LogP contribution in [0.3, 0.4) is 0 Å². The average molecular weight is 233 g/mol. The summed E-state index contributed by atoms with van der Waals surface area (Å²) in [4.78, 5) is 0. The van der Waals surface area contributed by atoms with E-state index >= 15 is 0 Å². The van der Waals surface area contributed by atoms with E-state index in [0.717, 1.165) is 0 Å². The molecule has 0 bridgehead atoms. The number of halogens is 2. The second-order valence-corrected chi connectivity index (χ2v) is 3.43. The molecule has 0 aliphatic carbocycles. The van der Waals surface area contributed by atoms with E-state index in [1.807, 2.05) is 0 Å². The van der Waals surface area contributed by atoms with Crippen molar-refractivity contribution >= 4 is 15.9 Å². The average Bonchev–Trinajstić information content (AvgIpc) is 2.04. The number of hydrogen-bond acceptors (Lipinski definition) is 2. The molecule has 0 amide bonds. The van der Waals surface area contributed by atoms with Crippen LogP contribution < -0.4 is 9.47 Å². The number of ether oxygens (including phenoxy) is 2. The van der Waals surface area contributed by atoms with Crippen molar-refractivity contribution in [1.82, 2.24) is 0 Å². The Labute approximate surface area is 77.4 Å². The van der Waals surface area contributed by atoms with Crippen LogP contribution in [0.4, 0.5) is 4.39 Å². The molecule has 0 saturated heterocycles. The lowest BCUT2D eigenvalue weighted by molar-refractivity contribution is 0.147. The summed E-state index contributed by atoms with van der Waals surface area (Å²) in [6.07, 6.45) is 0. The van der Waals surface area contributed by atoms with E-state index in [0.29, 0.717) is 12.4 Å². The molecule has 0 saturated carbocycles. The normalized spacial score (nSPS) is 20.7. The SMILES string of the molecule is Fc1cccc2c1OCC(Br)O2. The molecular formula is C8H6BrFO2. The van der Waals surface area contributed by atoms with Crippen LogP contribution in [-0.4, -0.2) is 11.6 Å². The van der Waals surface area contributed by atoms with Crippen LogP contribution in [-0.2, 0) is 0 Å². The molecule has 1 aromatic rings. The first-order valence-corrected chi connectivity index (χ1v) is 4.41. The highest BCUT2D eigenvalue weighted by Gasteiger charge is 2.20. The Morgan fingerprint density at radius 1 is 1.50 bits per heavy atom. The molecule has 12 heavy (non-hydrogen) atoms. The second kappa shape index (κ2) is 2.94. The highest BCUT2D eigenvalue weighted by molar-refractivity contribution is 9.09. The van der Waals surface area contributed by atoms with Gasteiger partial charge in [-0.1, -0.05) is 6.07 Å². The van der Waals surface area contributed by atoms with Crippen molar-refractivity contribution in [3.8, 4) is 11.5 Å². The molecule has 2 nitrogen and oxygen atoms in total. The predicted molar refractivity (Wildman–Crippen MR) is 45.2 cm³/mol. The van der Waals surface area contributed by atoms with E-state index in [1.165, 1.54) is 6.07 Å². The zero-order valence-corrected chi connectivity index (χ0v) is 7.67. The largest absolute Gasteiger partial charge is 0.482 e. The van der Waals surface area contributed by atoms with Gasteiger partial charge < -0.3 is 9.47 Å². The van der Waals surface area contributed by atoms with Gasteiger partial charge >= 0.3 is 0 Å². The van der Waals surface area contributed by atoms with Crippen LogP contribution in [0.15, 0.2) is 18.2 Å². The van der Waals surface area contributed by atoms with Crippen LogP contribution in [0, 0.1) is 5.82 Å². The van der Waals surface area contributed by atoms with Gasteiger partial charge in [-0.15, -0.1) is 0 Å². The number of benzene rings is 1. The number of hydrogen-bond donors (Lipinski definition) is 0. The van der Waals surface area contributed by atoms with Gasteiger partial charge in [-0.3, -0.25) is 0 Å². The van der Waals surface area contributed by atoms with Crippen LogP contribution >= 0.6 is 15.9 Å². The van der Waals surface area contributed by atoms with Gasteiger partial charge in [0.15, 0.2) is 22.3 Å². The summed E-state index contributed by atoms with van der Waals surface area (Å²) in [5.74, 6) is 0.267. The van der Waals surface area contributed by atoms with E-state index in [9.17, 15) is 4.39 Å². The van der Waals surface area contributed by atoms with Crippen LogP contribution in [0.5, 0.6) is 11.5 Å². The highest BCUT2D eigenvalue weighted by atomic mass is 79.9. The van der Waals surface area contributed by atoms with Crippen molar-refractivity contribution in [2.45, 2.75) is 5.01 Å². The number of rotatable bonds is 0. The first-order valence-electron chi connectivity index (χ1n) is 3.49. The van der Waals surface area contributed by atoms with Crippen molar-refractivity contribution in [2.24, 2.45) is 0 Å². The summed E-state index contributed by atoms with van der Waals surface area (Å²) in [6, 6.07) is 4.60. The molecule has 1 aliphatic heterocycles. The molecule has 4 heteroatoms.